The maximum atomic E-state index is 11.5. The van der Waals surface area contributed by atoms with E-state index in [4.69, 9.17) is 9.47 Å². The Morgan fingerprint density at radius 1 is 1.41 bits per heavy atom. The van der Waals surface area contributed by atoms with E-state index < -0.39 is 5.97 Å². The van der Waals surface area contributed by atoms with Crippen LogP contribution in [0.2, 0.25) is 0 Å². The summed E-state index contributed by atoms with van der Waals surface area (Å²) < 4.78 is 10.3. The standard InChI is InChI=1S/C15H18BrNO5/c1-9(2)17-13(18)8-22-14(19)5-4-10-6-11(16)15(20)12(7-10)21-3/h4-7,9,20H,8H2,1-3H3,(H,17,18)/b5-4+. The molecule has 1 aromatic carbocycles. The first-order valence-electron chi connectivity index (χ1n) is 6.54. The number of methoxy groups -OCH3 is 1. The van der Waals surface area contributed by atoms with Crippen LogP contribution < -0.4 is 10.1 Å². The van der Waals surface area contributed by atoms with Crippen molar-refractivity contribution in [2.45, 2.75) is 19.9 Å². The molecule has 1 aromatic rings. The lowest BCUT2D eigenvalue weighted by Gasteiger charge is -2.08. The van der Waals surface area contributed by atoms with Gasteiger partial charge in [0, 0.05) is 12.1 Å². The van der Waals surface area contributed by atoms with Crippen LogP contribution in [0, 0.1) is 0 Å². The second kappa shape index (κ2) is 8.43. The Morgan fingerprint density at radius 3 is 2.68 bits per heavy atom. The Hall–Kier alpha value is -2.02. The second-order valence-corrected chi connectivity index (χ2v) is 5.57. The summed E-state index contributed by atoms with van der Waals surface area (Å²) in [5, 5.41) is 12.3. The number of phenolic OH excluding ortho intramolecular Hbond substituents is 1. The van der Waals surface area contributed by atoms with Crippen molar-refractivity contribution in [1.82, 2.24) is 5.32 Å². The van der Waals surface area contributed by atoms with Gasteiger partial charge in [0.25, 0.3) is 5.91 Å². The third-order valence-electron chi connectivity index (χ3n) is 2.48. The zero-order valence-corrected chi connectivity index (χ0v) is 14.1. The number of carbonyl (C=O) groups is 2. The quantitative estimate of drug-likeness (QED) is 0.591. The van der Waals surface area contributed by atoms with Gasteiger partial charge < -0.3 is 19.9 Å². The lowest BCUT2D eigenvalue weighted by Crippen LogP contribution is -2.33. The fourth-order valence-corrected chi connectivity index (χ4v) is 2.02. The van der Waals surface area contributed by atoms with Crippen molar-refractivity contribution in [3.05, 3.63) is 28.2 Å². The molecule has 0 radical (unpaired) electrons. The van der Waals surface area contributed by atoms with E-state index in [1.165, 1.54) is 19.3 Å². The van der Waals surface area contributed by atoms with Crippen molar-refractivity contribution in [3.63, 3.8) is 0 Å². The van der Waals surface area contributed by atoms with Crippen molar-refractivity contribution in [3.8, 4) is 11.5 Å². The zero-order chi connectivity index (χ0) is 16.7. The van der Waals surface area contributed by atoms with Gasteiger partial charge in [-0.25, -0.2) is 4.79 Å². The molecular weight excluding hydrogens is 354 g/mol. The number of ether oxygens (including phenoxy) is 2. The Balaban J connectivity index is 2.63. The maximum Gasteiger partial charge on any atom is 0.331 e. The molecule has 1 amide bonds. The van der Waals surface area contributed by atoms with Gasteiger partial charge >= 0.3 is 5.97 Å². The minimum absolute atomic E-state index is 0.0106. The van der Waals surface area contributed by atoms with Gasteiger partial charge in [0.15, 0.2) is 18.1 Å². The molecule has 0 fully saturated rings. The van der Waals surface area contributed by atoms with Crippen LogP contribution in [0.25, 0.3) is 6.08 Å². The van der Waals surface area contributed by atoms with Crippen LogP contribution >= 0.6 is 15.9 Å². The summed E-state index contributed by atoms with van der Waals surface area (Å²) >= 11 is 3.18. The largest absolute Gasteiger partial charge is 0.503 e. The molecule has 0 saturated heterocycles. The highest BCUT2D eigenvalue weighted by molar-refractivity contribution is 9.10. The van der Waals surface area contributed by atoms with Crippen molar-refractivity contribution in [1.29, 1.82) is 0 Å². The Kier molecular flexibility index (Phi) is 6.91. The monoisotopic (exact) mass is 371 g/mol. The minimum atomic E-state index is -0.637. The maximum absolute atomic E-state index is 11.5. The topological polar surface area (TPSA) is 84.9 Å². The van der Waals surface area contributed by atoms with Gasteiger partial charge in [-0.1, -0.05) is 0 Å². The molecule has 1 rings (SSSR count). The number of aromatic hydroxyl groups is 1. The summed E-state index contributed by atoms with van der Waals surface area (Å²) in [4.78, 5) is 22.9. The molecule has 2 N–H and O–H groups in total. The lowest BCUT2D eigenvalue weighted by atomic mass is 10.2. The highest BCUT2D eigenvalue weighted by Crippen LogP contribution is 2.35. The van der Waals surface area contributed by atoms with E-state index in [1.807, 2.05) is 13.8 Å². The number of rotatable bonds is 6. The van der Waals surface area contributed by atoms with Crippen molar-refractivity contribution < 1.29 is 24.2 Å². The van der Waals surface area contributed by atoms with E-state index in [2.05, 4.69) is 21.2 Å². The Labute approximate surface area is 137 Å². The molecule has 7 heteroatoms. The van der Waals surface area contributed by atoms with Crippen molar-refractivity contribution in [2.24, 2.45) is 0 Å². The number of halogens is 1. The number of hydrogen-bond donors (Lipinski definition) is 2. The summed E-state index contributed by atoms with van der Waals surface area (Å²) in [6.45, 7) is 3.30. The van der Waals surface area contributed by atoms with Gasteiger partial charge in [-0.15, -0.1) is 0 Å². The van der Waals surface area contributed by atoms with Gasteiger partial charge in [-0.2, -0.15) is 0 Å². The summed E-state index contributed by atoms with van der Waals surface area (Å²) in [6.07, 6.45) is 2.69. The molecule has 0 aromatic heterocycles. The first kappa shape index (κ1) is 18.0. The average Bonchev–Trinajstić information content (AvgIpc) is 2.45. The predicted octanol–water partition coefficient (Wildman–Crippen LogP) is 2.24. The SMILES string of the molecule is COc1cc(/C=C/C(=O)OCC(=O)NC(C)C)cc(Br)c1O. The molecule has 0 aliphatic rings. The molecule has 0 aliphatic carbocycles. The van der Waals surface area contributed by atoms with Crippen LogP contribution in [-0.4, -0.2) is 36.7 Å². The minimum Gasteiger partial charge on any atom is -0.503 e. The van der Waals surface area contributed by atoms with Crippen LogP contribution in [0.4, 0.5) is 0 Å². The molecule has 0 heterocycles. The van der Waals surface area contributed by atoms with Gasteiger partial charge in [-0.05, 0) is 53.5 Å². The molecule has 22 heavy (non-hydrogen) atoms. The molecule has 0 bridgehead atoms. The Morgan fingerprint density at radius 2 is 2.09 bits per heavy atom. The molecular formula is C15H18BrNO5. The van der Waals surface area contributed by atoms with Gasteiger partial charge in [0.2, 0.25) is 0 Å². The fraction of sp³-hybridized carbons (Fsp3) is 0.333. The normalized spacial score (nSPS) is 10.8. The molecule has 6 nitrogen and oxygen atoms in total. The number of hydrogen-bond acceptors (Lipinski definition) is 5. The van der Waals surface area contributed by atoms with Crippen LogP contribution in [-0.2, 0) is 14.3 Å². The van der Waals surface area contributed by atoms with Crippen molar-refractivity contribution in [2.75, 3.05) is 13.7 Å². The van der Waals surface area contributed by atoms with Crippen LogP contribution in [0.5, 0.6) is 11.5 Å². The van der Waals surface area contributed by atoms with E-state index in [0.717, 1.165) is 0 Å². The second-order valence-electron chi connectivity index (χ2n) is 4.72. The summed E-state index contributed by atoms with van der Waals surface area (Å²) in [5.74, 6) is -0.737. The predicted molar refractivity (Wildman–Crippen MR) is 85.6 cm³/mol. The highest BCUT2D eigenvalue weighted by atomic mass is 79.9. The number of benzene rings is 1. The molecule has 0 aliphatic heterocycles. The van der Waals surface area contributed by atoms with Gasteiger partial charge in [0.05, 0.1) is 11.6 Å². The summed E-state index contributed by atoms with van der Waals surface area (Å²) in [6, 6.07) is 3.17. The number of nitrogens with one attached hydrogen (secondary N) is 1. The zero-order valence-electron chi connectivity index (χ0n) is 12.6. The van der Waals surface area contributed by atoms with Crippen molar-refractivity contribution >= 4 is 33.9 Å². The lowest BCUT2D eigenvalue weighted by molar-refractivity contribution is -0.143. The number of phenols is 1. The number of esters is 1. The van der Waals surface area contributed by atoms with E-state index in [9.17, 15) is 14.7 Å². The molecule has 0 spiro atoms. The van der Waals surface area contributed by atoms with E-state index in [-0.39, 0.29) is 30.1 Å². The summed E-state index contributed by atoms with van der Waals surface area (Å²) in [7, 11) is 1.43. The van der Waals surface area contributed by atoms with Crippen LogP contribution in [0.3, 0.4) is 0 Å². The van der Waals surface area contributed by atoms with E-state index >= 15 is 0 Å². The van der Waals surface area contributed by atoms with Crippen LogP contribution in [0.1, 0.15) is 19.4 Å². The third kappa shape index (κ3) is 5.77. The number of amides is 1. The van der Waals surface area contributed by atoms with Gasteiger partial charge in [0.1, 0.15) is 0 Å². The fourth-order valence-electron chi connectivity index (χ4n) is 1.56. The molecule has 120 valence electrons. The first-order chi connectivity index (χ1) is 10.3. The van der Waals surface area contributed by atoms with E-state index in [1.54, 1.807) is 12.1 Å². The van der Waals surface area contributed by atoms with Crippen LogP contribution in [0.15, 0.2) is 22.7 Å². The number of carbonyl (C=O) groups excluding carboxylic acids is 2. The molecule has 0 atom stereocenters. The molecule has 0 unspecified atom stereocenters. The Bertz CT molecular complexity index is 584. The van der Waals surface area contributed by atoms with E-state index in [0.29, 0.717) is 10.0 Å². The highest BCUT2D eigenvalue weighted by Gasteiger charge is 2.08. The third-order valence-corrected chi connectivity index (χ3v) is 3.08. The average molecular weight is 372 g/mol. The first-order valence-corrected chi connectivity index (χ1v) is 7.33. The summed E-state index contributed by atoms with van der Waals surface area (Å²) in [5.41, 5.74) is 0.630. The smallest absolute Gasteiger partial charge is 0.331 e. The molecule has 0 saturated carbocycles. The van der Waals surface area contributed by atoms with Gasteiger partial charge in [-0.3, -0.25) is 4.79 Å².